The number of imidazole rings is 1. The lowest BCUT2D eigenvalue weighted by Crippen LogP contribution is -2.03. The number of fused-ring (bicyclic) bond motifs is 1. The highest BCUT2D eigenvalue weighted by Crippen LogP contribution is 2.32. The van der Waals surface area contributed by atoms with Crippen LogP contribution in [0.25, 0.3) is 27.8 Å². The Hall–Kier alpha value is -3.15. The summed E-state index contributed by atoms with van der Waals surface area (Å²) in [6.07, 6.45) is 3.66. The van der Waals surface area contributed by atoms with E-state index in [1.165, 1.54) is 0 Å². The Morgan fingerprint density at radius 3 is 2.64 bits per heavy atom. The van der Waals surface area contributed by atoms with E-state index in [2.05, 4.69) is 39.1 Å². The van der Waals surface area contributed by atoms with E-state index in [1.54, 1.807) is 6.20 Å². The Balaban J connectivity index is 2.02. The van der Waals surface area contributed by atoms with Crippen molar-refractivity contribution < 1.29 is 4.52 Å². The van der Waals surface area contributed by atoms with Crippen molar-refractivity contribution in [3.63, 3.8) is 0 Å². The summed E-state index contributed by atoms with van der Waals surface area (Å²) in [6, 6.07) is 8.21. The van der Waals surface area contributed by atoms with Crippen molar-refractivity contribution in [3.8, 4) is 16.8 Å². The number of aromatic nitrogens is 4. The highest BCUT2D eigenvalue weighted by molar-refractivity contribution is 5.87. The standard InChI is InChI=1S/C19H19N5O/c1-11-7-8-21-10-17(11)24-16-9-14(18-12(2)23-25-13(18)3)5-6-15(16)22-19(24)20-4/h5-10H,1-4H3,(H,20,22). The molecule has 6 nitrogen and oxygen atoms in total. The van der Waals surface area contributed by atoms with Crippen molar-refractivity contribution in [2.45, 2.75) is 20.8 Å². The molecule has 4 rings (SSSR count). The highest BCUT2D eigenvalue weighted by atomic mass is 16.5. The quantitative estimate of drug-likeness (QED) is 0.613. The van der Waals surface area contributed by atoms with Gasteiger partial charge in [-0.15, -0.1) is 0 Å². The van der Waals surface area contributed by atoms with Crippen molar-refractivity contribution >= 4 is 17.0 Å². The first-order chi connectivity index (χ1) is 12.1. The molecule has 3 aromatic heterocycles. The van der Waals surface area contributed by atoms with Crippen LogP contribution in [0.4, 0.5) is 5.95 Å². The molecule has 0 aliphatic rings. The van der Waals surface area contributed by atoms with Crippen molar-refractivity contribution in [2.75, 3.05) is 12.4 Å². The number of hydrogen-bond donors (Lipinski definition) is 1. The molecule has 0 unspecified atom stereocenters. The summed E-state index contributed by atoms with van der Waals surface area (Å²) < 4.78 is 7.42. The molecule has 0 saturated carbocycles. The second-order valence-corrected chi connectivity index (χ2v) is 6.09. The molecule has 0 amide bonds. The molecule has 0 radical (unpaired) electrons. The molecule has 0 spiro atoms. The minimum Gasteiger partial charge on any atom is -0.361 e. The molecule has 1 N–H and O–H groups in total. The summed E-state index contributed by atoms with van der Waals surface area (Å²) in [5.41, 5.74) is 7.05. The van der Waals surface area contributed by atoms with Gasteiger partial charge in [-0.2, -0.15) is 0 Å². The third-order valence-corrected chi connectivity index (χ3v) is 4.45. The fraction of sp³-hybridized carbons (Fsp3) is 0.211. The number of aryl methyl sites for hydroxylation is 3. The Kier molecular flexibility index (Phi) is 3.53. The normalized spacial score (nSPS) is 11.2. The van der Waals surface area contributed by atoms with Crippen molar-refractivity contribution in [1.29, 1.82) is 0 Å². The van der Waals surface area contributed by atoms with Crippen LogP contribution in [-0.4, -0.2) is 26.7 Å². The fourth-order valence-electron chi connectivity index (χ4n) is 3.23. The molecular weight excluding hydrogens is 314 g/mol. The summed E-state index contributed by atoms with van der Waals surface area (Å²) in [6.45, 7) is 5.96. The van der Waals surface area contributed by atoms with E-state index in [1.807, 2.05) is 39.2 Å². The predicted octanol–water partition coefficient (Wildman–Crippen LogP) is 4.04. The summed E-state index contributed by atoms with van der Waals surface area (Å²) in [4.78, 5) is 8.98. The van der Waals surface area contributed by atoms with Gasteiger partial charge in [-0.3, -0.25) is 9.55 Å². The number of pyridine rings is 1. The van der Waals surface area contributed by atoms with E-state index >= 15 is 0 Å². The van der Waals surface area contributed by atoms with E-state index in [0.29, 0.717) is 0 Å². The first-order valence-electron chi connectivity index (χ1n) is 8.14. The van der Waals surface area contributed by atoms with Crippen LogP contribution in [0.5, 0.6) is 0 Å². The lowest BCUT2D eigenvalue weighted by atomic mass is 10.0. The molecule has 0 atom stereocenters. The van der Waals surface area contributed by atoms with Gasteiger partial charge in [0, 0.05) is 18.8 Å². The van der Waals surface area contributed by atoms with Gasteiger partial charge < -0.3 is 9.84 Å². The summed E-state index contributed by atoms with van der Waals surface area (Å²) >= 11 is 0. The van der Waals surface area contributed by atoms with Gasteiger partial charge in [0.05, 0.1) is 28.6 Å². The van der Waals surface area contributed by atoms with Crippen LogP contribution in [0.2, 0.25) is 0 Å². The third kappa shape index (κ3) is 2.38. The maximum atomic E-state index is 5.33. The van der Waals surface area contributed by atoms with Crippen LogP contribution in [-0.2, 0) is 0 Å². The lowest BCUT2D eigenvalue weighted by Gasteiger charge is -2.11. The van der Waals surface area contributed by atoms with Crippen LogP contribution in [0, 0.1) is 20.8 Å². The van der Waals surface area contributed by atoms with Crippen molar-refractivity contribution in [2.24, 2.45) is 0 Å². The molecule has 0 aliphatic carbocycles. The first kappa shape index (κ1) is 15.4. The number of hydrogen-bond acceptors (Lipinski definition) is 5. The SMILES string of the molecule is CNc1nc2ccc(-c3c(C)noc3C)cc2n1-c1cnccc1C. The Morgan fingerprint density at radius 1 is 1.12 bits per heavy atom. The summed E-state index contributed by atoms with van der Waals surface area (Å²) in [7, 11) is 1.87. The smallest absolute Gasteiger partial charge is 0.208 e. The van der Waals surface area contributed by atoms with Crippen LogP contribution in [0.15, 0.2) is 41.2 Å². The monoisotopic (exact) mass is 333 g/mol. The van der Waals surface area contributed by atoms with Crippen LogP contribution >= 0.6 is 0 Å². The van der Waals surface area contributed by atoms with Crippen LogP contribution in [0.3, 0.4) is 0 Å². The zero-order valence-corrected chi connectivity index (χ0v) is 14.7. The number of nitrogens with one attached hydrogen (secondary N) is 1. The fourth-order valence-corrected chi connectivity index (χ4v) is 3.23. The van der Waals surface area contributed by atoms with Gasteiger partial charge in [0.15, 0.2) is 0 Å². The van der Waals surface area contributed by atoms with E-state index < -0.39 is 0 Å². The molecule has 4 aromatic rings. The lowest BCUT2D eigenvalue weighted by molar-refractivity contribution is 0.393. The van der Waals surface area contributed by atoms with Gasteiger partial charge in [-0.1, -0.05) is 11.2 Å². The Morgan fingerprint density at radius 2 is 1.96 bits per heavy atom. The maximum Gasteiger partial charge on any atom is 0.208 e. The van der Waals surface area contributed by atoms with Crippen LogP contribution < -0.4 is 5.32 Å². The largest absolute Gasteiger partial charge is 0.361 e. The molecule has 0 bridgehead atoms. The summed E-state index contributed by atoms with van der Waals surface area (Å²) in [5.74, 6) is 1.59. The molecular formula is C19H19N5O. The van der Waals surface area contributed by atoms with Crippen LogP contribution in [0.1, 0.15) is 17.0 Å². The third-order valence-electron chi connectivity index (χ3n) is 4.45. The van der Waals surface area contributed by atoms with E-state index in [9.17, 15) is 0 Å². The van der Waals surface area contributed by atoms with Gasteiger partial charge >= 0.3 is 0 Å². The zero-order chi connectivity index (χ0) is 17.6. The topological polar surface area (TPSA) is 68.8 Å². The van der Waals surface area contributed by atoms with Crippen molar-refractivity contribution in [3.05, 3.63) is 53.7 Å². The molecule has 6 heteroatoms. The van der Waals surface area contributed by atoms with E-state index in [-0.39, 0.29) is 0 Å². The Labute approximate surface area is 145 Å². The van der Waals surface area contributed by atoms with E-state index in [0.717, 1.165) is 50.8 Å². The molecule has 0 aliphatic heterocycles. The van der Waals surface area contributed by atoms with E-state index in [4.69, 9.17) is 9.51 Å². The molecule has 0 fully saturated rings. The summed E-state index contributed by atoms with van der Waals surface area (Å²) in [5, 5.41) is 7.25. The van der Waals surface area contributed by atoms with Crippen molar-refractivity contribution in [1.82, 2.24) is 19.7 Å². The molecule has 0 saturated heterocycles. The molecule has 3 heterocycles. The average Bonchev–Trinajstić information content (AvgIpc) is 3.14. The number of rotatable bonds is 3. The second kappa shape index (κ2) is 5.73. The number of benzene rings is 1. The first-order valence-corrected chi connectivity index (χ1v) is 8.14. The minimum atomic E-state index is 0.780. The second-order valence-electron chi connectivity index (χ2n) is 6.09. The minimum absolute atomic E-state index is 0.780. The number of anilines is 1. The van der Waals surface area contributed by atoms with Gasteiger partial charge in [0.2, 0.25) is 5.95 Å². The maximum absolute atomic E-state index is 5.33. The molecule has 1 aromatic carbocycles. The molecule has 25 heavy (non-hydrogen) atoms. The average molecular weight is 333 g/mol. The highest BCUT2D eigenvalue weighted by Gasteiger charge is 2.17. The predicted molar refractivity (Wildman–Crippen MR) is 98.1 cm³/mol. The Bertz CT molecular complexity index is 1060. The van der Waals surface area contributed by atoms with Gasteiger partial charge in [-0.25, -0.2) is 4.98 Å². The van der Waals surface area contributed by atoms with Gasteiger partial charge in [0.1, 0.15) is 5.76 Å². The number of nitrogens with zero attached hydrogens (tertiary/aromatic N) is 4. The molecule has 126 valence electrons. The zero-order valence-electron chi connectivity index (χ0n) is 14.7. The van der Waals surface area contributed by atoms with Gasteiger partial charge in [-0.05, 0) is 50.1 Å². The van der Waals surface area contributed by atoms with Gasteiger partial charge in [0.25, 0.3) is 0 Å².